The Kier molecular flexibility index (Phi) is 9.37. The van der Waals surface area contributed by atoms with Crippen molar-refractivity contribution in [1.29, 1.82) is 0 Å². The highest BCUT2D eigenvalue weighted by Crippen LogP contribution is 2.21. The maximum atomic E-state index is 11.1. The summed E-state index contributed by atoms with van der Waals surface area (Å²) in [5, 5.41) is 4.04. The highest BCUT2D eigenvalue weighted by molar-refractivity contribution is 8.01. The third-order valence-electron chi connectivity index (χ3n) is 2.70. The fourth-order valence-corrected chi connectivity index (χ4v) is 4.46. The van der Waals surface area contributed by atoms with E-state index >= 15 is 0 Å². The summed E-state index contributed by atoms with van der Waals surface area (Å²) in [7, 11) is -2.82. The van der Waals surface area contributed by atoms with Crippen molar-refractivity contribution in [2.24, 2.45) is 0 Å². The van der Waals surface area contributed by atoms with E-state index in [4.69, 9.17) is 0 Å². The monoisotopic (exact) mass is 281 g/mol. The standard InChI is InChI=1S/C12H27NO2S2/c1-5-8-11(13-7-3)12(6-2)16-9-10-17(4,14)15/h11-13H,5-10H2,1-4H3. The molecule has 0 fully saturated rings. The van der Waals surface area contributed by atoms with Gasteiger partial charge < -0.3 is 5.32 Å². The summed E-state index contributed by atoms with van der Waals surface area (Å²) >= 11 is 1.79. The SMILES string of the molecule is CCCC(NCC)C(CC)SCCS(C)(=O)=O. The predicted octanol–water partition coefficient (Wildman–Crippen LogP) is 2.32. The minimum absolute atomic E-state index is 0.291. The number of hydrogen-bond donors (Lipinski definition) is 1. The molecular weight excluding hydrogens is 254 g/mol. The lowest BCUT2D eigenvalue weighted by Crippen LogP contribution is -2.38. The normalized spacial score (nSPS) is 15.8. The number of rotatable bonds is 10. The molecule has 0 aliphatic heterocycles. The van der Waals surface area contributed by atoms with E-state index in [1.165, 1.54) is 12.7 Å². The Morgan fingerprint density at radius 1 is 1.24 bits per heavy atom. The van der Waals surface area contributed by atoms with Crippen molar-refractivity contribution in [3.63, 3.8) is 0 Å². The Morgan fingerprint density at radius 2 is 1.88 bits per heavy atom. The lowest BCUT2D eigenvalue weighted by atomic mass is 10.1. The molecular formula is C12H27NO2S2. The molecule has 1 N–H and O–H groups in total. The molecule has 0 rings (SSSR count). The summed E-state index contributed by atoms with van der Waals surface area (Å²) in [6.45, 7) is 7.47. The molecule has 0 aromatic heterocycles. The van der Waals surface area contributed by atoms with Gasteiger partial charge in [-0.2, -0.15) is 11.8 Å². The topological polar surface area (TPSA) is 46.2 Å². The molecule has 2 unspecified atom stereocenters. The van der Waals surface area contributed by atoms with Crippen molar-refractivity contribution in [2.75, 3.05) is 24.3 Å². The first-order valence-electron chi connectivity index (χ1n) is 6.47. The first-order valence-corrected chi connectivity index (χ1v) is 9.58. The average Bonchev–Trinajstić information content (AvgIpc) is 2.23. The molecule has 0 spiro atoms. The van der Waals surface area contributed by atoms with Crippen molar-refractivity contribution in [3.05, 3.63) is 0 Å². The van der Waals surface area contributed by atoms with Crippen LogP contribution in [0.25, 0.3) is 0 Å². The van der Waals surface area contributed by atoms with E-state index in [2.05, 4.69) is 26.1 Å². The van der Waals surface area contributed by atoms with Gasteiger partial charge in [0.25, 0.3) is 0 Å². The van der Waals surface area contributed by atoms with E-state index < -0.39 is 9.84 Å². The molecule has 0 aromatic carbocycles. The fraction of sp³-hybridized carbons (Fsp3) is 1.00. The van der Waals surface area contributed by atoms with Gasteiger partial charge in [0.2, 0.25) is 0 Å². The molecule has 0 aromatic rings. The molecule has 0 saturated heterocycles. The van der Waals surface area contributed by atoms with Gasteiger partial charge in [-0.05, 0) is 19.4 Å². The Balaban J connectivity index is 4.17. The lowest BCUT2D eigenvalue weighted by Gasteiger charge is -2.26. The van der Waals surface area contributed by atoms with Gasteiger partial charge in [0.1, 0.15) is 9.84 Å². The highest BCUT2D eigenvalue weighted by atomic mass is 32.2. The molecule has 17 heavy (non-hydrogen) atoms. The fourth-order valence-electron chi connectivity index (χ4n) is 1.86. The van der Waals surface area contributed by atoms with E-state index in [0.29, 0.717) is 22.8 Å². The van der Waals surface area contributed by atoms with E-state index in [1.807, 2.05) is 0 Å². The molecule has 2 atom stereocenters. The summed E-state index contributed by atoms with van der Waals surface area (Å²) in [5.74, 6) is 1.00. The van der Waals surface area contributed by atoms with Crippen LogP contribution in [0.4, 0.5) is 0 Å². The molecule has 104 valence electrons. The summed E-state index contributed by atoms with van der Waals surface area (Å²) < 4.78 is 22.2. The van der Waals surface area contributed by atoms with Gasteiger partial charge in [-0.15, -0.1) is 0 Å². The van der Waals surface area contributed by atoms with Crippen molar-refractivity contribution >= 4 is 21.6 Å². The number of hydrogen-bond acceptors (Lipinski definition) is 4. The summed E-state index contributed by atoms with van der Waals surface area (Å²) in [4.78, 5) is 0. The maximum Gasteiger partial charge on any atom is 0.148 e. The van der Waals surface area contributed by atoms with Gasteiger partial charge in [-0.1, -0.05) is 27.2 Å². The van der Waals surface area contributed by atoms with Gasteiger partial charge in [-0.3, -0.25) is 0 Å². The van der Waals surface area contributed by atoms with Crippen LogP contribution in [0.3, 0.4) is 0 Å². The van der Waals surface area contributed by atoms with E-state index in [-0.39, 0.29) is 0 Å². The zero-order chi connectivity index (χ0) is 13.3. The van der Waals surface area contributed by atoms with Crippen molar-refractivity contribution in [2.45, 2.75) is 51.3 Å². The van der Waals surface area contributed by atoms with Crippen LogP contribution < -0.4 is 5.32 Å². The van der Waals surface area contributed by atoms with Gasteiger partial charge in [0.05, 0.1) is 5.75 Å². The molecule has 5 heteroatoms. The largest absolute Gasteiger partial charge is 0.313 e. The molecule has 0 radical (unpaired) electrons. The van der Waals surface area contributed by atoms with Crippen LogP contribution in [0.5, 0.6) is 0 Å². The van der Waals surface area contributed by atoms with Crippen LogP contribution in [0.2, 0.25) is 0 Å². The van der Waals surface area contributed by atoms with Gasteiger partial charge >= 0.3 is 0 Å². The lowest BCUT2D eigenvalue weighted by molar-refractivity contribution is 0.465. The van der Waals surface area contributed by atoms with Crippen LogP contribution >= 0.6 is 11.8 Å². The summed E-state index contributed by atoms with van der Waals surface area (Å²) in [5.41, 5.74) is 0. The molecule has 0 heterocycles. The van der Waals surface area contributed by atoms with Crippen LogP contribution in [-0.4, -0.2) is 44.0 Å². The Hall–Kier alpha value is 0.260. The minimum atomic E-state index is -2.82. The van der Waals surface area contributed by atoms with Gasteiger partial charge in [0, 0.05) is 23.3 Å². The summed E-state index contributed by atoms with van der Waals surface area (Å²) in [6.07, 6.45) is 4.73. The second-order valence-electron chi connectivity index (χ2n) is 4.40. The second-order valence-corrected chi connectivity index (χ2v) is 8.01. The third-order valence-corrected chi connectivity index (χ3v) is 5.44. The zero-order valence-electron chi connectivity index (χ0n) is 11.5. The van der Waals surface area contributed by atoms with E-state index in [9.17, 15) is 8.42 Å². The number of sulfone groups is 1. The molecule has 0 amide bonds. The quantitative estimate of drug-likeness (QED) is 0.667. The Labute approximate surface area is 111 Å². The van der Waals surface area contributed by atoms with Crippen LogP contribution in [-0.2, 0) is 9.84 Å². The number of thioether (sulfide) groups is 1. The van der Waals surface area contributed by atoms with Crippen LogP contribution in [0.15, 0.2) is 0 Å². The Bertz CT molecular complexity index is 272. The predicted molar refractivity (Wildman–Crippen MR) is 78.6 cm³/mol. The number of nitrogens with one attached hydrogen (secondary N) is 1. The van der Waals surface area contributed by atoms with E-state index in [1.54, 1.807) is 11.8 Å². The van der Waals surface area contributed by atoms with Crippen molar-refractivity contribution in [3.8, 4) is 0 Å². The van der Waals surface area contributed by atoms with E-state index in [0.717, 1.165) is 19.4 Å². The molecule has 0 saturated carbocycles. The first kappa shape index (κ1) is 17.3. The average molecular weight is 281 g/mol. The van der Waals surface area contributed by atoms with Crippen molar-refractivity contribution < 1.29 is 8.42 Å². The molecule has 0 aliphatic carbocycles. The van der Waals surface area contributed by atoms with Crippen molar-refractivity contribution in [1.82, 2.24) is 5.32 Å². The maximum absolute atomic E-state index is 11.1. The molecule has 3 nitrogen and oxygen atoms in total. The zero-order valence-corrected chi connectivity index (χ0v) is 13.2. The second kappa shape index (κ2) is 9.22. The first-order chi connectivity index (χ1) is 7.94. The van der Waals surface area contributed by atoms with Crippen LogP contribution in [0, 0.1) is 0 Å². The van der Waals surface area contributed by atoms with Gasteiger partial charge in [0.15, 0.2) is 0 Å². The van der Waals surface area contributed by atoms with Crippen LogP contribution in [0.1, 0.15) is 40.0 Å². The highest BCUT2D eigenvalue weighted by Gasteiger charge is 2.19. The third kappa shape index (κ3) is 8.91. The summed E-state index contributed by atoms with van der Waals surface area (Å²) in [6, 6.07) is 0.513. The molecule has 0 aliphatic rings. The Morgan fingerprint density at radius 3 is 2.29 bits per heavy atom. The minimum Gasteiger partial charge on any atom is -0.313 e. The molecule has 0 bridgehead atoms. The smallest absolute Gasteiger partial charge is 0.148 e. The van der Waals surface area contributed by atoms with Gasteiger partial charge in [-0.25, -0.2) is 8.42 Å².